The number of carbonyl (C=O) groups excluding carboxylic acids is 3. The molecule has 3 heterocycles. The van der Waals surface area contributed by atoms with Gasteiger partial charge in [-0.15, -0.1) is 9.93 Å². The zero-order valence-corrected chi connectivity index (χ0v) is 30.6. The summed E-state index contributed by atoms with van der Waals surface area (Å²) in [7, 11) is 2.19. The summed E-state index contributed by atoms with van der Waals surface area (Å²) in [5.74, 6) is -0.640. The van der Waals surface area contributed by atoms with Crippen LogP contribution in [0.3, 0.4) is 0 Å². The van der Waals surface area contributed by atoms with Crippen LogP contribution in [0.2, 0.25) is 5.02 Å². The van der Waals surface area contributed by atoms with Crippen molar-refractivity contribution in [3.8, 4) is 5.75 Å². The first kappa shape index (κ1) is 37.8. The number of nitrogens with one attached hydrogen (secondary N) is 1. The summed E-state index contributed by atoms with van der Waals surface area (Å²) >= 11 is 6.71. The molecule has 3 aliphatic heterocycles. The van der Waals surface area contributed by atoms with Crippen LogP contribution >= 0.6 is 11.6 Å². The van der Waals surface area contributed by atoms with Gasteiger partial charge in [-0.2, -0.15) is 0 Å². The van der Waals surface area contributed by atoms with Crippen LogP contribution < -0.4 is 15.0 Å². The molecule has 268 valence electrons. The highest BCUT2D eigenvalue weighted by Gasteiger charge is 2.64. The van der Waals surface area contributed by atoms with Crippen LogP contribution in [0.15, 0.2) is 35.9 Å². The van der Waals surface area contributed by atoms with E-state index in [2.05, 4.69) is 5.32 Å². The average Bonchev–Trinajstić information content (AvgIpc) is 3.69. The van der Waals surface area contributed by atoms with Crippen molar-refractivity contribution in [2.75, 3.05) is 44.4 Å². The largest absolute Gasteiger partial charge is 0.495 e. The monoisotopic (exact) mass is 712 g/mol. The zero-order valence-electron chi connectivity index (χ0n) is 28.9. The van der Waals surface area contributed by atoms with E-state index >= 15 is 0 Å². The third kappa shape index (κ3) is 8.78. The van der Waals surface area contributed by atoms with Gasteiger partial charge in [0.15, 0.2) is 5.72 Å². The number of esters is 1. The normalized spacial score (nSPS) is 33.3. The van der Waals surface area contributed by atoms with Crippen LogP contribution in [0.4, 0.5) is 10.5 Å². The number of hydrogen-bond acceptors (Lipinski definition) is 10. The van der Waals surface area contributed by atoms with Gasteiger partial charge in [-0.25, -0.2) is 4.79 Å². The number of hydrogen-bond donors (Lipinski definition) is 3. The molecule has 12 nitrogen and oxygen atoms in total. The van der Waals surface area contributed by atoms with E-state index in [1.807, 2.05) is 26.0 Å². The molecule has 2 saturated heterocycles. The second-order valence-electron chi connectivity index (χ2n) is 13.7. The lowest BCUT2D eigenvalue weighted by molar-refractivity contribution is -0.153. The second-order valence-corrected chi connectivity index (χ2v) is 17.7. The SMILES string of the molecule is COc1cc2cc(c1Cl)N(C)C(=O)C[C@H](OC(=O)CCC[SH](C)(C)=O)[C@@]1(C)O[C@H]1[C@H](C)[C@@H]1C[C@@](O)(NC(=O)O1)[C@H](OC)/C=C/C=C(\C)C2. The number of methoxy groups -OCH3 is 2. The summed E-state index contributed by atoms with van der Waals surface area (Å²) in [5.41, 5.74) is -0.733. The average molecular weight is 713 g/mol. The number of ether oxygens (including phenoxy) is 5. The first-order chi connectivity index (χ1) is 22.4. The number of alkyl carbamates (subject to hydrolysis) is 1. The molecule has 1 aromatic carbocycles. The van der Waals surface area contributed by atoms with Gasteiger partial charge in [0.2, 0.25) is 5.91 Å². The Hall–Kier alpha value is -2.97. The van der Waals surface area contributed by atoms with E-state index < -0.39 is 63.7 Å². The number of benzene rings is 1. The number of epoxide rings is 1. The second kappa shape index (κ2) is 14.9. The van der Waals surface area contributed by atoms with Crippen LogP contribution in [0.25, 0.3) is 0 Å². The third-order valence-corrected chi connectivity index (χ3v) is 11.1. The van der Waals surface area contributed by atoms with Gasteiger partial charge in [-0.05, 0) is 56.9 Å². The summed E-state index contributed by atoms with van der Waals surface area (Å²) in [6.07, 6.45) is 5.06. The molecule has 0 saturated carbocycles. The summed E-state index contributed by atoms with van der Waals surface area (Å²) in [4.78, 5) is 41.2. The summed E-state index contributed by atoms with van der Waals surface area (Å²) in [6, 6.07) is 3.61. The Balaban J connectivity index is 1.75. The van der Waals surface area contributed by atoms with Gasteiger partial charge in [0.1, 0.15) is 34.7 Å². The van der Waals surface area contributed by atoms with Crippen molar-refractivity contribution in [1.82, 2.24) is 5.32 Å². The Kier molecular flexibility index (Phi) is 11.7. The van der Waals surface area contributed by atoms with Crippen molar-refractivity contribution in [3.05, 3.63) is 46.5 Å². The molecule has 2 fully saturated rings. The van der Waals surface area contributed by atoms with Crippen LogP contribution in [-0.4, -0.2) is 103 Å². The van der Waals surface area contributed by atoms with Crippen LogP contribution in [-0.2, 0) is 44.9 Å². The quantitative estimate of drug-likeness (QED) is 0.217. The Labute approximate surface area is 288 Å². The predicted octanol–water partition coefficient (Wildman–Crippen LogP) is 3.72. The molecule has 4 rings (SSSR count). The van der Waals surface area contributed by atoms with E-state index in [1.165, 1.54) is 19.1 Å². The molecule has 0 spiro atoms. The minimum absolute atomic E-state index is 0.0192. The lowest BCUT2D eigenvalue weighted by atomic mass is 9.83. The number of aliphatic hydroxyl groups is 1. The fourth-order valence-electron chi connectivity index (χ4n) is 6.43. The van der Waals surface area contributed by atoms with Crippen molar-refractivity contribution in [2.45, 2.75) is 88.6 Å². The fourth-order valence-corrected chi connectivity index (χ4v) is 7.66. The van der Waals surface area contributed by atoms with E-state index in [1.54, 1.807) is 44.7 Å². The number of thiol groups is 1. The highest BCUT2D eigenvalue weighted by atomic mass is 35.5. The van der Waals surface area contributed by atoms with E-state index in [0.717, 1.165) is 11.1 Å². The molecular weight excluding hydrogens is 664 g/mol. The Morgan fingerprint density at radius 1 is 1.25 bits per heavy atom. The van der Waals surface area contributed by atoms with Gasteiger partial charge in [-0.3, -0.25) is 19.1 Å². The molecule has 7 atom stereocenters. The predicted molar refractivity (Wildman–Crippen MR) is 184 cm³/mol. The maximum atomic E-state index is 13.9. The van der Waals surface area contributed by atoms with Gasteiger partial charge in [0.25, 0.3) is 0 Å². The third-order valence-electron chi connectivity index (χ3n) is 9.30. The molecule has 2 amide bonds. The molecule has 14 heteroatoms. The number of carbonyl (C=O) groups is 3. The van der Waals surface area contributed by atoms with Gasteiger partial charge in [-0.1, -0.05) is 42.3 Å². The minimum atomic E-state index is -2.33. The number of allylic oxidation sites excluding steroid dienone is 3. The number of halogens is 1. The van der Waals surface area contributed by atoms with E-state index in [-0.39, 0.29) is 30.2 Å². The maximum Gasteiger partial charge on any atom is 0.409 e. The summed E-state index contributed by atoms with van der Waals surface area (Å²) in [6.45, 7) is 5.49. The summed E-state index contributed by atoms with van der Waals surface area (Å²) < 4.78 is 41.1. The lowest BCUT2D eigenvalue weighted by Gasteiger charge is -2.42. The van der Waals surface area contributed by atoms with Crippen molar-refractivity contribution in [1.29, 1.82) is 0 Å². The van der Waals surface area contributed by atoms with Gasteiger partial charge >= 0.3 is 12.1 Å². The Morgan fingerprint density at radius 2 is 1.96 bits per heavy atom. The van der Waals surface area contributed by atoms with E-state index in [0.29, 0.717) is 30.0 Å². The first-order valence-electron chi connectivity index (χ1n) is 16.0. The maximum absolute atomic E-state index is 13.9. The molecule has 4 bridgehead atoms. The molecule has 0 aliphatic carbocycles. The summed E-state index contributed by atoms with van der Waals surface area (Å²) in [5, 5.41) is 14.4. The van der Waals surface area contributed by atoms with E-state index in [4.69, 9.17) is 35.3 Å². The number of nitrogens with zero attached hydrogens (tertiary/aromatic N) is 1. The van der Waals surface area contributed by atoms with Crippen molar-refractivity contribution in [2.24, 2.45) is 5.92 Å². The standard InChI is InChI=1S/C34H49ClN2O10S/c1-20-11-9-12-26(44-6)34(41)19-25(45-32(40)36-34)21(2)31-33(3,47-31)27(46-29(39)13-10-14-48(7,8)42)18-28(38)37(4)23-16-22(15-20)17-24(43-5)30(23)35/h9,11-12,16-17,21,25-27,31,41,48H,10,13-15,18-19H2,1-8H3,(H,36,40)/b12-9+,20-11+/t21-,25+,26-,27+,31+,33-,34+/m1/s1. The van der Waals surface area contributed by atoms with Crippen molar-refractivity contribution >= 4 is 45.2 Å². The number of fused-ring (bicyclic) bond motifs is 5. The first-order valence-corrected chi connectivity index (χ1v) is 19.2. The van der Waals surface area contributed by atoms with Crippen LogP contribution in [0.5, 0.6) is 5.75 Å². The Morgan fingerprint density at radius 3 is 2.60 bits per heavy atom. The van der Waals surface area contributed by atoms with Crippen LogP contribution in [0.1, 0.15) is 52.0 Å². The molecule has 48 heavy (non-hydrogen) atoms. The smallest absolute Gasteiger partial charge is 0.409 e. The fraction of sp³-hybridized carbons (Fsp3) is 0.618. The molecule has 3 aliphatic rings. The molecule has 1 aromatic rings. The number of amides is 2. The molecule has 0 aromatic heterocycles. The number of anilines is 1. The lowest BCUT2D eigenvalue weighted by Crippen LogP contribution is -2.63. The Bertz CT molecular complexity index is 1510. The molecule has 0 unspecified atom stereocenters. The van der Waals surface area contributed by atoms with Crippen molar-refractivity contribution < 1.29 is 47.4 Å². The van der Waals surface area contributed by atoms with Gasteiger partial charge in [0.05, 0.1) is 25.3 Å². The minimum Gasteiger partial charge on any atom is -0.495 e. The van der Waals surface area contributed by atoms with Gasteiger partial charge in [0, 0.05) is 38.7 Å². The molecular formula is C34H49ClN2O10S. The molecule has 2 N–H and O–H groups in total. The number of rotatable bonds is 7. The highest BCUT2D eigenvalue weighted by Crippen LogP contribution is 2.49. The topological polar surface area (TPSA) is 153 Å². The van der Waals surface area contributed by atoms with Crippen molar-refractivity contribution in [3.63, 3.8) is 0 Å². The van der Waals surface area contributed by atoms with E-state index in [9.17, 15) is 23.7 Å². The molecule has 0 radical (unpaired) electrons. The highest BCUT2D eigenvalue weighted by molar-refractivity contribution is 8.01. The zero-order chi connectivity index (χ0) is 35.6. The van der Waals surface area contributed by atoms with Gasteiger partial charge < -0.3 is 33.7 Å². The van der Waals surface area contributed by atoms with Crippen LogP contribution in [0, 0.1) is 5.92 Å².